The molecule has 0 saturated carbocycles. The van der Waals surface area contributed by atoms with Crippen molar-refractivity contribution in [1.82, 2.24) is 9.88 Å². The number of aliphatic carboxylic acids is 1. The number of carboxylic acids is 1. The fourth-order valence-corrected chi connectivity index (χ4v) is 3.13. The normalized spacial score (nSPS) is 26.0. The third kappa shape index (κ3) is 3.04. The third-order valence-electron chi connectivity index (χ3n) is 3.37. The number of hydrogen-bond acceptors (Lipinski definition) is 4. The predicted octanol–water partition coefficient (Wildman–Crippen LogP) is 2.14. The Balaban J connectivity index is 1.93. The molecule has 0 spiro atoms. The van der Waals surface area contributed by atoms with Crippen LogP contribution in [0, 0.1) is 12.8 Å². The molecule has 1 saturated heterocycles. The molecule has 1 aromatic heterocycles. The maximum absolute atomic E-state index is 10.9. The van der Waals surface area contributed by atoms with Gasteiger partial charge in [-0.25, -0.2) is 4.98 Å². The number of rotatable bonds is 3. The molecule has 1 fully saturated rings. The molecule has 1 aliphatic rings. The number of piperidine rings is 1. The van der Waals surface area contributed by atoms with Crippen LogP contribution in [0.25, 0.3) is 0 Å². The van der Waals surface area contributed by atoms with Crippen molar-refractivity contribution in [2.75, 3.05) is 6.54 Å². The topological polar surface area (TPSA) is 53.4 Å². The second-order valence-corrected chi connectivity index (χ2v) is 5.70. The number of likely N-dealkylation sites (tertiary alicyclic amines) is 1. The standard InChI is InChI=1S/C12H18N2O2S/c1-8-7-17-11(13-8)6-14-4-3-10(12(15)16)5-9(14)2/h7,9-10H,3-6H2,1-2H3,(H,15,16). The van der Waals surface area contributed by atoms with Gasteiger partial charge in [-0.05, 0) is 33.2 Å². The van der Waals surface area contributed by atoms with Gasteiger partial charge in [0.25, 0.3) is 0 Å². The second-order valence-electron chi connectivity index (χ2n) is 4.76. The monoisotopic (exact) mass is 254 g/mol. The molecular weight excluding hydrogens is 236 g/mol. The summed E-state index contributed by atoms with van der Waals surface area (Å²) in [7, 11) is 0. The molecule has 0 aromatic carbocycles. The predicted molar refractivity (Wildman–Crippen MR) is 67.1 cm³/mol. The van der Waals surface area contributed by atoms with Crippen LogP contribution in [0.1, 0.15) is 30.5 Å². The number of carboxylic acid groups (broad SMARTS) is 1. The van der Waals surface area contributed by atoms with E-state index in [4.69, 9.17) is 5.11 Å². The van der Waals surface area contributed by atoms with E-state index in [1.807, 2.05) is 6.92 Å². The van der Waals surface area contributed by atoms with Crippen LogP contribution in [-0.4, -0.2) is 33.5 Å². The lowest BCUT2D eigenvalue weighted by atomic mass is 9.92. The van der Waals surface area contributed by atoms with Crippen LogP contribution < -0.4 is 0 Å². The van der Waals surface area contributed by atoms with E-state index in [0.29, 0.717) is 6.04 Å². The molecule has 0 aliphatic carbocycles. The number of carbonyl (C=O) groups is 1. The van der Waals surface area contributed by atoms with Crippen molar-refractivity contribution in [3.05, 3.63) is 16.1 Å². The van der Waals surface area contributed by atoms with Crippen LogP contribution in [-0.2, 0) is 11.3 Å². The minimum atomic E-state index is -0.651. The summed E-state index contributed by atoms with van der Waals surface area (Å²) >= 11 is 1.68. The third-order valence-corrected chi connectivity index (χ3v) is 4.32. The highest BCUT2D eigenvalue weighted by atomic mass is 32.1. The van der Waals surface area contributed by atoms with E-state index in [0.717, 1.165) is 36.6 Å². The zero-order valence-electron chi connectivity index (χ0n) is 10.2. The SMILES string of the molecule is Cc1csc(CN2CCC(C(=O)O)CC2C)n1. The second kappa shape index (κ2) is 5.14. The summed E-state index contributed by atoms with van der Waals surface area (Å²) in [6, 6.07) is 0.328. The van der Waals surface area contributed by atoms with Crippen molar-refractivity contribution in [3.63, 3.8) is 0 Å². The highest BCUT2D eigenvalue weighted by molar-refractivity contribution is 7.09. The Bertz CT molecular complexity index is 405. The minimum absolute atomic E-state index is 0.167. The Morgan fingerprint density at radius 2 is 2.47 bits per heavy atom. The van der Waals surface area contributed by atoms with Gasteiger partial charge in [-0.1, -0.05) is 0 Å². The molecular formula is C12H18N2O2S. The number of hydrogen-bond donors (Lipinski definition) is 1. The van der Waals surface area contributed by atoms with Gasteiger partial charge >= 0.3 is 5.97 Å². The van der Waals surface area contributed by atoms with E-state index in [9.17, 15) is 4.79 Å². The molecule has 1 N–H and O–H groups in total. The lowest BCUT2D eigenvalue weighted by Crippen LogP contribution is -2.42. The Morgan fingerprint density at radius 1 is 1.71 bits per heavy atom. The highest BCUT2D eigenvalue weighted by Gasteiger charge is 2.29. The van der Waals surface area contributed by atoms with Gasteiger partial charge in [0.15, 0.2) is 0 Å². The van der Waals surface area contributed by atoms with Gasteiger partial charge in [-0.2, -0.15) is 0 Å². The van der Waals surface area contributed by atoms with Crippen LogP contribution in [0.15, 0.2) is 5.38 Å². The average molecular weight is 254 g/mol. The summed E-state index contributed by atoms with van der Waals surface area (Å²) in [5.74, 6) is -0.819. The lowest BCUT2D eigenvalue weighted by Gasteiger charge is -2.35. The number of thiazole rings is 1. The van der Waals surface area contributed by atoms with E-state index in [1.165, 1.54) is 0 Å². The molecule has 2 rings (SSSR count). The van der Waals surface area contributed by atoms with Crippen molar-refractivity contribution in [1.29, 1.82) is 0 Å². The Morgan fingerprint density at radius 3 is 3.00 bits per heavy atom. The van der Waals surface area contributed by atoms with E-state index in [1.54, 1.807) is 11.3 Å². The zero-order valence-corrected chi connectivity index (χ0v) is 11.0. The number of aryl methyl sites for hydroxylation is 1. The highest BCUT2D eigenvalue weighted by Crippen LogP contribution is 2.25. The molecule has 1 aliphatic heterocycles. The smallest absolute Gasteiger partial charge is 0.306 e. The molecule has 1 aromatic rings. The van der Waals surface area contributed by atoms with E-state index >= 15 is 0 Å². The summed E-state index contributed by atoms with van der Waals surface area (Å²) in [5.41, 5.74) is 1.07. The first-order valence-corrected chi connectivity index (χ1v) is 6.82. The maximum atomic E-state index is 10.9. The molecule has 4 nitrogen and oxygen atoms in total. The molecule has 94 valence electrons. The van der Waals surface area contributed by atoms with Crippen LogP contribution in [0.5, 0.6) is 0 Å². The first kappa shape index (κ1) is 12.5. The minimum Gasteiger partial charge on any atom is -0.481 e. The first-order chi connectivity index (χ1) is 8.06. The van der Waals surface area contributed by atoms with Crippen molar-refractivity contribution >= 4 is 17.3 Å². The van der Waals surface area contributed by atoms with Crippen LogP contribution in [0.2, 0.25) is 0 Å². The summed E-state index contributed by atoms with van der Waals surface area (Å²) in [5, 5.41) is 12.2. The van der Waals surface area contributed by atoms with Gasteiger partial charge in [0.1, 0.15) is 5.01 Å². The van der Waals surface area contributed by atoms with Gasteiger partial charge in [0, 0.05) is 17.1 Å². The van der Waals surface area contributed by atoms with Crippen LogP contribution >= 0.6 is 11.3 Å². The van der Waals surface area contributed by atoms with Gasteiger partial charge in [-0.15, -0.1) is 11.3 Å². The van der Waals surface area contributed by atoms with Gasteiger partial charge in [-0.3, -0.25) is 9.69 Å². The quantitative estimate of drug-likeness (QED) is 0.898. The fraction of sp³-hybridized carbons (Fsp3) is 0.667. The van der Waals surface area contributed by atoms with Crippen molar-refractivity contribution in [3.8, 4) is 0 Å². The van der Waals surface area contributed by atoms with Gasteiger partial charge in [0.2, 0.25) is 0 Å². The van der Waals surface area contributed by atoms with Crippen LogP contribution in [0.4, 0.5) is 0 Å². The van der Waals surface area contributed by atoms with Crippen molar-refractivity contribution in [2.45, 2.75) is 39.3 Å². The summed E-state index contributed by atoms with van der Waals surface area (Å²) in [6.07, 6.45) is 1.50. The molecule has 0 amide bonds. The van der Waals surface area contributed by atoms with Crippen molar-refractivity contribution < 1.29 is 9.90 Å². The zero-order chi connectivity index (χ0) is 12.4. The maximum Gasteiger partial charge on any atom is 0.306 e. The average Bonchev–Trinajstić information content (AvgIpc) is 2.67. The molecule has 2 atom stereocenters. The first-order valence-electron chi connectivity index (χ1n) is 5.94. The molecule has 0 bridgehead atoms. The van der Waals surface area contributed by atoms with E-state index < -0.39 is 5.97 Å². The molecule has 2 unspecified atom stereocenters. The fourth-order valence-electron chi connectivity index (χ4n) is 2.33. The molecule has 0 radical (unpaired) electrons. The summed E-state index contributed by atoms with van der Waals surface area (Å²) < 4.78 is 0. The Labute approximate surface area is 105 Å². The Hall–Kier alpha value is -0.940. The number of aromatic nitrogens is 1. The van der Waals surface area contributed by atoms with Gasteiger partial charge in [0.05, 0.1) is 12.5 Å². The molecule has 17 heavy (non-hydrogen) atoms. The summed E-state index contributed by atoms with van der Waals surface area (Å²) in [4.78, 5) is 17.7. The van der Waals surface area contributed by atoms with Crippen molar-refractivity contribution in [2.24, 2.45) is 5.92 Å². The van der Waals surface area contributed by atoms with Gasteiger partial charge < -0.3 is 5.11 Å². The van der Waals surface area contributed by atoms with E-state index in [-0.39, 0.29) is 5.92 Å². The summed E-state index contributed by atoms with van der Waals surface area (Å²) in [6.45, 7) is 5.82. The lowest BCUT2D eigenvalue weighted by molar-refractivity contribution is -0.144. The molecule has 2 heterocycles. The van der Waals surface area contributed by atoms with Crippen LogP contribution in [0.3, 0.4) is 0 Å². The Kier molecular flexibility index (Phi) is 3.79. The molecule has 5 heteroatoms. The van der Waals surface area contributed by atoms with E-state index in [2.05, 4.69) is 22.2 Å². The largest absolute Gasteiger partial charge is 0.481 e. The number of nitrogens with zero attached hydrogens (tertiary/aromatic N) is 2.